The Kier molecular flexibility index (Phi) is 5.89. The smallest absolute Gasteiger partial charge is 0.229 e. The monoisotopic (exact) mass is 389 g/mol. The maximum absolute atomic E-state index is 13.7. The van der Waals surface area contributed by atoms with Gasteiger partial charge in [-0.2, -0.15) is 5.10 Å². The Hall–Kier alpha value is -2.03. The van der Waals surface area contributed by atoms with Crippen molar-refractivity contribution in [1.82, 2.24) is 20.2 Å². The predicted molar refractivity (Wildman–Crippen MR) is 105 cm³/mol. The largest absolute Gasteiger partial charge is 0.389 e. The quantitative estimate of drug-likeness (QED) is 0.738. The molecule has 1 N–H and O–H groups in total. The van der Waals surface area contributed by atoms with Crippen molar-refractivity contribution in [2.45, 2.75) is 38.9 Å². The highest BCUT2D eigenvalue weighted by Crippen LogP contribution is 2.27. The fraction of sp³-hybridized carbons (Fsp3) is 0.600. The third-order valence-corrected chi connectivity index (χ3v) is 5.59. The number of fused-ring (bicyclic) bond motifs is 1. The van der Waals surface area contributed by atoms with E-state index in [1.165, 1.54) is 12.1 Å². The van der Waals surface area contributed by atoms with Gasteiger partial charge in [-0.15, -0.1) is 5.48 Å². The van der Waals surface area contributed by atoms with Crippen LogP contribution in [0.1, 0.15) is 38.2 Å². The summed E-state index contributed by atoms with van der Waals surface area (Å²) in [6, 6.07) is 4.75. The highest BCUT2D eigenvalue weighted by atomic mass is 19.1. The van der Waals surface area contributed by atoms with Gasteiger partial charge in [0.05, 0.1) is 11.2 Å². The molecular weight excluding hydrogens is 361 g/mol. The first-order valence-corrected chi connectivity index (χ1v) is 10.1. The van der Waals surface area contributed by atoms with E-state index in [0.29, 0.717) is 5.92 Å². The molecule has 0 aliphatic carbocycles. The number of likely N-dealkylation sites (tertiary alicyclic amines) is 1. The van der Waals surface area contributed by atoms with Gasteiger partial charge < -0.3 is 14.5 Å². The minimum absolute atomic E-state index is 0.251. The molecule has 2 aromatic rings. The normalized spacial score (nSPS) is 21.2. The van der Waals surface area contributed by atoms with Crippen LogP contribution in [0.2, 0.25) is 0 Å². The van der Waals surface area contributed by atoms with E-state index in [2.05, 4.69) is 15.5 Å². The fourth-order valence-electron chi connectivity index (χ4n) is 4.04. The third kappa shape index (κ3) is 3.90. The number of aliphatic imine (C=N–C) groups is 1. The van der Waals surface area contributed by atoms with E-state index in [-0.39, 0.29) is 5.82 Å². The maximum Gasteiger partial charge on any atom is 0.229 e. The molecule has 1 fully saturated rings. The number of benzene rings is 1. The Balaban J connectivity index is 1.44. The van der Waals surface area contributed by atoms with Gasteiger partial charge in [0, 0.05) is 31.6 Å². The number of piperidine rings is 1. The van der Waals surface area contributed by atoms with Crippen LogP contribution in [0.4, 0.5) is 4.39 Å². The van der Waals surface area contributed by atoms with E-state index in [0.717, 1.165) is 74.4 Å². The van der Waals surface area contributed by atoms with Crippen molar-refractivity contribution in [2.75, 3.05) is 33.4 Å². The summed E-state index contributed by atoms with van der Waals surface area (Å²) in [6.45, 7) is 5.99. The molecular formula is C20H28FN5O2. The van der Waals surface area contributed by atoms with Gasteiger partial charge >= 0.3 is 0 Å². The average molecular weight is 389 g/mol. The summed E-state index contributed by atoms with van der Waals surface area (Å²) in [4.78, 5) is 13.0. The number of halogens is 1. The van der Waals surface area contributed by atoms with Crippen LogP contribution in [0, 0.1) is 11.7 Å². The molecule has 1 aromatic heterocycles. The van der Waals surface area contributed by atoms with E-state index in [1.807, 2.05) is 6.92 Å². The molecule has 8 heteroatoms. The lowest BCUT2D eigenvalue weighted by Crippen LogP contribution is -2.37. The summed E-state index contributed by atoms with van der Waals surface area (Å²) in [5.74, 6) is 0.824. The number of rotatable bonds is 7. The zero-order chi connectivity index (χ0) is 19.5. The van der Waals surface area contributed by atoms with Crippen LogP contribution in [-0.2, 0) is 16.0 Å². The standard InChI is InChI=1S/C20H28FN5O2/c1-3-17-16-13-15(21)5-6-18(16)26(23-17)20-22-19(28-24-20)14-7-10-25(11-8-14)9-4-12-27-2/h5-6,13-14,20,24H,3-4,7-12H2,1-2H3. The van der Waals surface area contributed by atoms with Gasteiger partial charge in [0.25, 0.3) is 0 Å². The highest BCUT2D eigenvalue weighted by molar-refractivity contribution is 5.83. The Morgan fingerprint density at radius 1 is 1.32 bits per heavy atom. The number of methoxy groups -OCH3 is 1. The molecule has 2 aliphatic heterocycles. The van der Waals surface area contributed by atoms with Crippen molar-refractivity contribution in [1.29, 1.82) is 0 Å². The van der Waals surface area contributed by atoms with Gasteiger partial charge in [0.15, 0.2) is 0 Å². The average Bonchev–Trinajstić information content (AvgIpc) is 3.33. The van der Waals surface area contributed by atoms with Gasteiger partial charge in [-0.3, -0.25) is 0 Å². The van der Waals surface area contributed by atoms with Crippen LogP contribution in [0.15, 0.2) is 23.2 Å². The molecule has 3 heterocycles. The lowest BCUT2D eigenvalue weighted by Gasteiger charge is -2.30. The summed E-state index contributed by atoms with van der Waals surface area (Å²) < 4.78 is 20.6. The summed E-state index contributed by atoms with van der Waals surface area (Å²) in [5.41, 5.74) is 4.71. The molecule has 1 atom stereocenters. The number of nitrogens with one attached hydrogen (secondary N) is 1. The van der Waals surface area contributed by atoms with Gasteiger partial charge in [0.2, 0.25) is 12.2 Å². The van der Waals surface area contributed by atoms with Crippen molar-refractivity contribution >= 4 is 16.8 Å². The van der Waals surface area contributed by atoms with Gasteiger partial charge in [0.1, 0.15) is 5.82 Å². The predicted octanol–water partition coefficient (Wildman–Crippen LogP) is 2.88. The van der Waals surface area contributed by atoms with Crippen molar-refractivity contribution in [3.63, 3.8) is 0 Å². The number of aryl methyl sites for hydroxylation is 1. The van der Waals surface area contributed by atoms with E-state index in [9.17, 15) is 4.39 Å². The molecule has 4 rings (SSSR count). The first kappa shape index (κ1) is 19.3. The van der Waals surface area contributed by atoms with Gasteiger partial charge in [-0.25, -0.2) is 14.1 Å². The Morgan fingerprint density at radius 2 is 2.14 bits per heavy atom. The number of hydrogen-bond acceptors (Lipinski definition) is 6. The molecule has 0 amide bonds. The molecule has 0 radical (unpaired) electrons. The van der Waals surface area contributed by atoms with E-state index in [4.69, 9.17) is 14.6 Å². The molecule has 7 nitrogen and oxygen atoms in total. The summed E-state index contributed by atoms with van der Waals surface area (Å²) >= 11 is 0. The number of aromatic nitrogens is 2. The lowest BCUT2D eigenvalue weighted by molar-refractivity contribution is 0.122. The minimum Gasteiger partial charge on any atom is -0.389 e. The Labute approximate surface area is 164 Å². The van der Waals surface area contributed by atoms with Crippen LogP contribution in [0.3, 0.4) is 0 Å². The molecule has 1 unspecified atom stereocenters. The number of hydroxylamine groups is 1. The lowest BCUT2D eigenvalue weighted by atomic mass is 9.96. The highest BCUT2D eigenvalue weighted by Gasteiger charge is 2.31. The van der Waals surface area contributed by atoms with E-state index >= 15 is 0 Å². The molecule has 0 spiro atoms. The number of ether oxygens (including phenoxy) is 1. The topological polar surface area (TPSA) is 63.9 Å². The third-order valence-electron chi connectivity index (χ3n) is 5.59. The van der Waals surface area contributed by atoms with E-state index < -0.39 is 6.29 Å². The second-order valence-corrected chi connectivity index (χ2v) is 7.43. The zero-order valence-corrected chi connectivity index (χ0v) is 16.5. The van der Waals surface area contributed by atoms with Crippen molar-refractivity contribution in [2.24, 2.45) is 10.9 Å². The SMILES string of the molecule is CCc1nn(C2N=C(C3CCN(CCCOC)CC3)ON2)c2ccc(F)cc12. The maximum atomic E-state index is 13.7. The summed E-state index contributed by atoms with van der Waals surface area (Å²) in [7, 11) is 1.74. The Morgan fingerprint density at radius 3 is 2.89 bits per heavy atom. The van der Waals surface area contributed by atoms with Crippen LogP contribution < -0.4 is 5.48 Å². The van der Waals surface area contributed by atoms with Crippen LogP contribution in [0.25, 0.3) is 10.9 Å². The van der Waals surface area contributed by atoms with Crippen LogP contribution >= 0.6 is 0 Å². The fourth-order valence-corrected chi connectivity index (χ4v) is 4.04. The van der Waals surface area contributed by atoms with Crippen molar-refractivity contribution in [3.8, 4) is 0 Å². The molecule has 1 aromatic carbocycles. The molecule has 0 saturated carbocycles. The molecule has 1 saturated heterocycles. The van der Waals surface area contributed by atoms with Crippen molar-refractivity contribution in [3.05, 3.63) is 29.7 Å². The molecule has 28 heavy (non-hydrogen) atoms. The van der Waals surface area contributed by atoms with Gasteiger partial charge in [-0.05, 0) is 57.0 Å². The molecule has 152 valence electrons. The second kappa shape index (κ2) is 8.55. The molecule has 2 aliphatic rings. The minimum atomic E-state index is -0.414. The first-order valence-electron chi connectivity index (χ1n) is 10.1. The van der Waals surface area contributed by atoms with Crippen molar-refractivity contribution < 1.29 is 14.0 Å². The molecule has 0 bridgehead atoms. The second-order valence-electron chi connectivity index (χ2n) is 7.43. The van der Waals surface area contributed by atoms with E-state index in [1.54, 1.807) is 17.9 Å². The Bertz CT molecular complexity index is 844. The number of nitrogens with zero attached hydrogens (tertiary/aromatic N) is 4. The first-order chi connectivity index (χ1) is 13.7. The van der Waals surface area contributed by atoms with Crippen LogP contribution in [0.5, 0.6) is 0 Å². The van der Waals surface area contributed by atoms with Crippen LogP contribution in [-0.4, -0.2) is 53.9 Å². The summed E-state index contributed by atoms with van der Waals surface area (Å²) in [6.07, 6.45) is 3.45. The summed E-state index contributed by atoms with van der Waals surface area (Å²) in [5, 5.41) is 5.48. The zero-order valence-electron chi connectivity index (χ0n) is 16.5. The van der Waals surface area contributed by atoms with Gasteiger partial charge in [-0.1, -0.05) is 6.92 Å². The number of hydrogen-bond donors (Lipinski definition) is 1.